The van der Waals surface area contributed by atoms with Crippen molar-refractivity contribution in [2.45, 2.75) is 26.3 Å². The SMILES string of the molecule is CN=C(NCCc1sc(C)nc1C)NCC(c1ccc(F)cc1)N1CCOCC1. The average molecular weight is 420 g/mol. The van der Waals surface area contributed by atoms with E-state index in [1.807, 2.05) is 19.1 Å². The number of halogens is 1. The van der Waals surface area contributed by atoms with E-state index in [0.29, 0.717) is 6.54 Å². The second-order valence-corrected chi connectivity index (χ2v) is 8.37. The van der Waals surface area contributed by atoms with Crippen LogP contribution in [-0.4, -0.2) is 62.3 Å². The fourth-order valence-electron chi connectivity index (χ4n) is 3.55. The number of guanidine groups is 1. The summed E-state index contributed by atoms with van der Waals surface area (Å²) in [5.74, 6) is 0.553. The van der Waals surface area contributed by atoms with Crippen molar-refractivity contribution in [3.8, 4) is 0 Å². The van der Waals surface area contributed by atoms with Gasteiger partial charge in [-0.1, -0.05) is 12.1 Å². The standard InChI is InChI=1S/C21H30FN5OS/c1-15-20(29-16(2)26-15)8-9-24-21(23-3)25-14-19(27-10-12-28-13-11-27)17-4-6-18(22)7-5-17/h4-7,19H,8-14H2,1-3H3,(H2,23,24,25). The van der Waals surface area contributed by atoms with Crippen LogP contribution in [0.5, 0.6) is 0 Å². The number of aryl methyl sites for hydroxylation is 2. The van der Waals surface area contributed by atoms with Crippen LogP contribution in [-0.2, 0) is 11.2 Å². The Labute approximate surface area is 176 Å². The molecule has 1 aromatic carbocycles. The first-order valence-electron chi connectivity index (χ1n) is 10.0. The quantitative estimate of drug-likeness (QED) is 0.534. The fraction of sp³-hybridized carbons (Fsp3) is 0.524. The van der Waals surface area contributed by atoms with E-state index in [2.05, 4.69) is 32.4 Å². The lowest BCUT2D eigenvalue weighted by atomic mass is 10.0. The Balaban J connectivity index is 1.57. The number of morpholine rings is 1. The summed E-state index contributed by atoms with van der Waals surface area (Å²) < 4.78 is 18.9. The number of ether oxygens (including phenoxy) is 1. The highest BCUT2D eigenvalue weighted by atomic mass is 32.1. The summed E-state index contributed by atoms with van der Waals surface area (Å²) >= 11 is 1.75. The topological polar surface area (TPSA) is 61.8 Å². The Kier molecular flexibility index (Phi) is 7.97. The van der Waals surface area contributed by atoms with Gasteiger partial charge in [-0.05, 0) is 31.5 Å². The number of rotatable bonds is 7. The number of benzene rings is 1. The maximum atomic E-state index is 13.4. The van der Waals surface area contributed by atoms with Crippen molar-refractivity contribution in [1.29, 1.82) is 0 Å². The van der Waals surface area contributed by atoms with Crippen molar-refractivity contribution in [2.75, 3.05) is 46.4 Å². The van der Waals surface area contributed by atoms with Crippen LogP contribution in [0.15, 0.2) is 29.3 Å². The predicted molar refractivity (Wildman–Crippen MR) is 116 cm³/mol. The van der Waals surface area contributed by atoms with Gasteiger partial charge < -0.3 is 15.4 Å². The molecule has 1 unspecified atom stereocenters. The van der Waals surface area contributed by atoms with Gasteiger partial charge in [0.2, 0.25) is 0 Å². The number of aliphatic imine (C=N–C) groups is 1. The van der Waals surface area contributed by atoms with Gasteiger partial charge in [0.15, 0.2) is 5.96 Å². The van der Waals surface area contributed by atoms with Crippen molar-refractivity contribution >= 4 is 17.3 Å². The smallest absolute Gasteiger partial charge is 0.191 e. The van der Waals surface area contributed by atoms with E-state index in [4.69, 9.17) is 4.74 Å². The van der Waals surface area contributed by atoms with Gasteiger partial charge in [-0.25, -0.2) is 9.37 Å². The van der Waals surface area contributed by atoms with E-state index in [0.717, 1.165) is 61.5 Å². The van der Waals surface area contributed by atoms with Crippen molar-refractivity contribution in [2.24, 2.45) is 4.99 Å². The van der Waals surface area contributed by atoms with Gasteiger partial charge in [-0.2, -0.15) is 0 Å². The molecule has 1 aliphatic rings. The zero-order valence-corrected chi connectivity index (χ0v) is 18.2. The lowest BCUT2D eigenvalue weighted by molar-refractivity contribution is 0.0170. The first-order valence-corrected chi connectivity index (χ1v) is 10.8. The molecule has 3 rings (SSSR count). The van der Waals surface area contributed by atoms with Gasteiger partial charge in [0, 0.05) is 44.5 Å². The van der Waals surface area contributed by atoms with Crippen LogP contribution in [0.3, 0.4) is 0 Å². The third-order valence-electron chi connectivity index (χ3n) is 5.07. The average Bonchev–Trinajstić information content (AvgIpc) is 3.05. The van der Waals surface area contributed by atoms with Gasteiger partial charge in [-0.15, -0.1) is 11.3 Å². The Hall–Kier alpha value is -2.03. The van der Waals surface area contributed by atoms with Crippen molar-refractivity contribution in [3.05, 3.63) is 51.2 Å². The number of nitrogens with zero attached hydrogens (tertiary/aromatic N) is 3. The summed E-state index contributed by atoms with van der Waals surface area (Å²) in [5, 5.41) is 7.93. The minimum atomic E-state index is -0.214. The summed E-state index contributed by atoms with van der Waals surface area (Å²) in [6.07, 6.45) is 0.920. The summed E-state index contributed by atoms with van der Waals surface area (Å²) in [5.41, 5.74) is 2.20. The van der Waals surface area contributed by atoms with E-state index in [1.165, 1.54) is 17.0 Å². The van der Waals surface area contributed by atoms with Gasteiger partial charge >= 0.3 is 0 Å². The summed E-state index contributed by atoms with van der Waals surface area (Å²) in [4.78, 5) is 12.5. The second kappa shape index (κ2) is 10.7. The summed E-state index contributed by atoms with van der Waals surface area (Å²) in [6, 6.07) is 6.90. The van der Waals surface area contributed by atoms with E-state index in [9.17, 15) is 4.39 Å². The highest BCUT2D eigenvalue weighted by Gasteiger charge is 2.23. The molecule has 8 heteroatoms. The third-order valence-corrected chi connectivity index (χ3v) is 6.20. The van der Waals surface area contributed by atoms with E-state index in [-0.39, 0.29) is 11.9 Å². The van der Waals surface area contributed by atoms with Crippen LogP contribution < -0.4 is 10.6 Å². The second-order valence-electron chi connectivity index (χ2n) is 7.09. The number of thiazole rings is 1. The van der Waals surface area contributed by atoms with Gasteiger partial charge in [0.25, 0.3) is 0 Å². The zero-order chi connectivity index (χ0) is 20.6. The lowest BCUT2D eigenvalue weighted by Gasteiger charge is -2.35. The van der Waals surface area contributed by atoms with Crippen LogP contribution in [0.1, 0.15) is 27.2 Å². The normalized spacial score (nSPS) is 16.6. The van der Waals surface area contributed by atoms with E-state index >= 15 is 0 Å². The maximum absolute atomic E-state index is 13.4. The summed E-state index contributed by atoms with van der Waals surface area (Å²) in [6.45, 7) is 8.73. The Bertz CT molecular complexity index is 802. The molecule has 0 saturated carbocycles. The van der Waals surface area contributed by atoms with Crippen LogP contribution in [0.4, 0.5) is 4.39 Å². The van der Waals surface area contributed by atoms with Gasteiger partial charge in [0.05, 0.1) is 30.0 Å². The molecule has 2 heterocycles. The molecule has 1 atom stereocenters. The largest absolute Gasteiger partial charge is 0.379 e. The number of nitrogens with one attached hydrogen (secondary N) is 2. The molecule has 0 amide bonds. The molecule has 1 aliphatic heterocycles. The molecule has 2 N–H and O–H groups in total. The van der Waals surface area contributed by atoms with Crippen LogP contribution in [0, 0.1) is 19.7 Å². The minimum absolute atomic E-state index is 0.129. The van der Waals surface area contributed by atoms with E-state index < -0.39 is 0 Å². The first-order chi connectivity index (χ1) is 14.1. The minimum Gasteiger partial charge on any atom is -0.379 e. The molecule has 2 aromatic rings. The molecule has 158 valence electrons. The molecule has 0 bridgehead atoms. The molecule has 0 radical (unpaired) electrons. The third kappa shape index (κ3) is 6.22. The number of aromatic nitrogens is 1. The van der Waals surface area contributed by atoms with E-state index in [1.54, 1.807) is 18.4 Å². The van der Waals surface area contributed by atoms with Crippen LogP contribution in [0.2, 0.25) is 0 Å². The zero-order valence-electron chi connectivity index (χ0n) is 17.4. The Morgan fingerprint density at radius 3 is 2.59 bits per heavy atom. The number of hydrogen-bond donors (Lipinski definition) is 2. The molecule has 0 aliphatic carbocycles. The summed E-state index contributed by atoms with van der Waals surface area (Å²) in [7, 11) is 1.78. The van der Waals surface area contributed by atoms with Crippen LogP contribution in [0.25, 0.3) is 0 Å². The molecule has 1 fully saturated rings. The molecule has 0 spiro atoms. The molecule has 29 heavy (non-hydrogen) atoms. The highest BCUT2D eigenvalue weighted by Crippen LogP contribution is 2.22. The maximum Gasteiger partial charge on any atom is 0.191 e. The molecule has 6 nitrogen and oxygen atoms in total. The Morgan fingerprint density at radius 1 is 1.24 bits per heavy atom. The van der Waals surface area contributed by atoms with Gasteiger partial charge in [0.1, 0.15) is 5.82 Å². The highest BCUT2D eigenvalue weighted by molar-refractivity contribution is 7.11. The molecular formula is C21H30FN5OS. The van der Waals surface area contributed by atoms with Gasteiger partial charge in [-0.3, -0.25) is 9.89 Å². The lowest BCUT2D eigenvalue weighted by Crippen LogP contribution is -2.46. The molecular weight excluding hydrogens is 389 g/mol. The first kappa shape index (κ1) is 21.7. The Morgan fingerprint density at radius 2 is 1.97 bits per heavy atom. The monoisotopic (exact) mass is 419 g/mol. The fourth-order valence-corrected chi connectivity index (χ4v) is 4.48. The molecule has 1 saturated heterocycles. The predicted octanol–water partition coefficient (Wildman–Crippen LogP) is 2.68. The number of hydrogen-bond acceptors (Lipinski definition) is 5. The molecule has 1 aromatic heterocycles. The van der Waals surface area contributed by atoms with Crippen molar-refractivity contribution in [3.63, 3.8) is 0 Å². The van der Waals surface area contributed by atoms with Crippen molar-refractivity contribution < 1.29 is 9.13 Å². The van der Waals surface area contributed by atoms with Crippen molar-refractivity contribution in [1.82, 2.24) is 20.5 Å². The van der Waals surface area contributed by atoms with Crippen LogP contribution >= 0.6 is 11.3 Å².